The van der Waals surface area contributed by atoms with Crippen molar-refractivity contribution in [3.8, 4) is 11.4 Å². The van der Waals surface area contributed by atoms with Crippen molar-refractivity contribution < 1.29 is 4.79 Å². The number of carbonyl (C=O) groups is 1. The number of benzene rings is 1. The van der Waals surface area contributed by atoms with Crippen LogP contribution in [0.25, 0.3) is 11.4 Å². The van der Waals surface area contributed by atoms with E-state index in [9.17, 15) is 4.79 Å². The molecule has 0 saturated heterocycles. The fourth-order valence-electron chi connectivity index (χ4n) is 6.68. The van der Waals surface area contributed by atoms with Crippen LogP contribution in [0, 0.1) is 34.9 Å². The predicted molar refractivity (Wildman–Crippen MR) is 116 cm³/mol. The number of hydrogen-bond donors (Lipinski definition) is 2. The zero-order chi connectivity index (χ0) is 20.2. The van der Waals surface area contributed by atoms with Gasteiger partial charge in [-0.3, -0.25) is 14.5 Å². The fourth-order valence-corrected chi connectivity index (χ4v) is 6.88. The Hall–Kier alpha value is -1.95. The summed E-state index contributed by atoms with van der Waals surface area (Å²) in [6, 6.07) is 8.35. The molecule has 1 aromatic carbocycles. The van der Waals surface area contributed by atoms with Crippen LogP contribution < -0.4 is 5.32 Å². The van der Waals surface area contributed by atoms with E-state index < -0.39 is 0 Å². The maximum absolute atomic E-state index is 13.0. The quantitative estimate of drug-likeness (QED) is 0.706. The minimum absolute atomic E-state index is 0.0270. The number of rotatable bonds is 5. The summed E-state index contributed by atoms with van der Waals surface area (Å²) >= 11 is 5.41. The van der Waals surface area contributed by atoms with Crippen LogP contribution in [0.4, 0.5) is 0 Å². The van der Waals surface area contributed by atoms with Gasteiger partial charge in [0.2, 0.25) is 5.91 Å². The van der Waals surface area contributed by atoms with Crippen LogP contribution in [0.3, 0.4) is 0 Å². The van der Waals surface area contributed by atoms with Crippen LogP contribution in [0.1, 0.15) is 51.0 Å². The molecule has 0 aliphatic heterocycles. The zero-order valence-corrected chi connectivity index (χ0v) is 18.1. The summed E-state index contributed by atoms with van der Waals surface area (Å²) in [7, 11) is 0. The average Bonchev–Trinajstić information content (AvgIpc) is 3.01. The van der Waals surface area contributed by atoms with E-state index in [1.807, 2.05) is 28.8 Å². The van der Waals surface area contributed by atoms with Crippen LogP contribution >= 0.6 is 12.2 Å². The second kappa shape index (κ2) is 7.08. The lowest BCUT2D eigenvalue weighted by atomic mass is 9.48. The van der Waals surface area contributed by atoms with Gasteiger partial charge in [-0.2, -0.15) is 5.10 Å². The van der Waals surface area contributed by atoms with Crippen LogP contribution in [0.15, 0.2) is 24.3 Å². The SMILES string of the molecule is Cc1ccc(-c2n[nH]c(=S)n2CC(=O)NC(C)C23CC4CC(CC(C4)C2)C3)cc1. The highest BCUT2D eigenvalue weighted by Crippen LogP contribution is 2.61. The van der Waals surface area contributed by atoms with E-state index in [4.69, 9.17) is 12.2 Å². The Bertz CT molecular complexity index is 938. The first-order chi connectivity index (χ1) is 13.9. The van der Waals surface area contributed by atoms with Crippen LogP contribution in [-0.4, -0.2) is 26.7 Å². The Kier molecular flexibility index (Phi) is 4.65. The molecule has 6 heteroatoms. The summed E-state index contributed by atoms with van der Waals surface area (Å²) in [6.45, 7) is 4.48. The molecule has 5 nitrogen and oxygen atoms in total. The van der Waals surface area contributed by atoms with E-state index in [-0.39, 0.29) is 18.5 Å². The minimum atomic E-state index is 0.0270. The third-order valence-corrected chi connectivity index (χ3v) is 8.06. The van der Waals surface area contributed by atoms with Crippen molar-refractivity contribution in [2.45, 2.75) is 65.0 Å². The van der Waals surface area contributed by atoms with Crippen molar-refractivity contribution in [1.29, 1.82) is 0 Å². The van der Waals surface area contributed by atoms with Crippen molar-refractivity contribution in [2.75, 3.05) is 0 Å². The summed E-state index contributed by atoms with van der Waals surface area (Å²) in [5.41, 5.74) is 2.46. The molecule has 1 aromatic heterocycles. The standard InChI is InChI=1S/C23H30N4OS/c1-14-3-5-19(6-4-14)21-25-26-22(29)27(21)13-20(28)24-15(2)23-10-16-7-17(11-23)9-18(8-16)12-23/h3-6,15-18H,7-13H2,1-2H3,(H,24,28)(H,26,29). The number of aromatic amines is 1. The average molecular weight is 411 g/mol. The normalized spacial score (nSPS) is 31.0. The molecular weight excluding hydrogens is 380 g/mol. The minimum Gasteiger partial charge on any atom is -0.352 e. The highest BCUT2D eigenvalue weighted by Gasteiger charge is 2.53. The van der Waals surface area contributed by atoms with Crippen LogP contribution in [0.5, 0.6) is 0 Å². The summed E-state index contributed by atoms with van der Waals surface area (Å²) in [5, 5.41) is 10.6. The molecule has 2 N–H and O–H groups in total. The van der Waals surface area contributed by atoms with Crippen molar-refractivity contribution in [1.82, 2.24) is 20.1 Å². The summed E-state index contributed by atoms with van der Waals surface area (Å²) < 4.78 is 2.29. The molecule has 1 heterocycles. The lowest BCUT2D eigenvalue weighted by Crippen LogP contribution is -2.56. The van der Waals surface area contributed by atoms with E-state index in [0.29, 0.717) is 16.0 Å². The van der Waals surface area contributed by atoms with E-state index in [0.717, 1.165) is 23.3 Å². The van der Waals surface area contributed by atoms with Gasteiger partial charge < -0.3 is 5.32 Å². The van der Waals surface area contributed by atoms with Crippen molar-refractivity contribution >= 4 is 18.1 Å². The van der Waals surface area contributed by atoms with Gasteiger partial charge in [0.25, 0.3) is 0 Å². The maximum Gasteiger partial charge on any atom is 0.240 e. The molecule has 0 spiro atoms. The Labute approximate surface area is 177 Å². The Morgan fingerprint density at radius 3 is 2.38 bits per heavy atom. The van der Waals surface area contributed by atoms with Gasteiger partial charge >= 0.3 is 0 Å². The smallest absolute Gasteiger partial charge is 0.240 e. The first kappa shape index (κ1) is 19.0. The number of H-pyrrole nitrogens is 1. The lowest BCUT2D eigenvalue weighted by molar-refractivity contribution is -0.126. The number of carbonyl (C=O) groups excluding carboxylic acids is 1. The van der Waals surface area contributed by atoms with Crippen molar-refractivity contribution in [3.63, 3.8) is 0 Å². The zero-order valence-electron chi connectivity index (χ0n) is 17.3. The van der Waals surface area contributed by atoms with Gasteiger partial charge in [-0.1, -0.05) is 29.8 Å². The molecule has 4 fully saturated rings. The van der Waals surface area contributed by atoms with Gasteiger partial charge in [0.15, 0.2) is 10.6 Å². The van der Waals surface area contributed by atoms with E-state index >= 15 is 0 Å². The summed E-state index contributed by atoms with van der Waals surface area (Å²) in [6.07, 6.45) is 8.14. The van der Waals surface area contributed by atoms with Gasteiger partial charge in [0.05, 0.1) is 0 Å². The molecule has 154 valence electrons. The third-order valence-electron chi connectivity index (χ3n) is 7.75. The number of aromatic nitrogens is 3. The molecule has 2 aromatic rings. The topological polar surface area (TPSA) is 62.7 Å². The van der Waals surface area contributed by atoms with E-state index in [1.54, 1.807) is 0 Å². The summed E-state index contributed by atoms with van der Waals surface area (Å²) in [5.74, 6) is 3.40. The number of amides is 1. The molecule has 0 radical (unpaired) electrons. The van der Waals surface area contributed by atoms with E-state index in [2.05, 4.69) is 29.4 Å². The highest BCUT2D eigenvalue weighted by atomic mass is 32.1. The lowest BCUT2D eigenvalue weighted by Gasteiger charge is -2.59. The molecule has 1 amide bonds. The first-order valence-electron chi connectivity index (χ1n) is 10.9. The summed E-state index contributed by atoms with van der Waals surface area (Å²) in [4.78, 5) is 13.0. The molecule has 1 unspecified atom stereocenters. The molecule has 4 aliphatic carbocycles. The van der Waals surface area contributed by atoms with Crippen molar-refractivity contribution in [2.24, 2.45) is 23.2 Å². The monoisotopic (exact) mass is 410 g/mol. The Morgan fingerprint density at radius 1 is 1.21 bits per heavy atom. The third kappa shape index (κ3) is 3.45. The number of aryl methyl sites for hydroxylation is 1. The fraction of sp³-hybridized carbons (Fsp3) is 0.609. The Balaban J connectivity index is 1.31. The number of nitrogens with zero attached hydrogens (tertiary/aromatic N) is 2. The number of hydrogen-bond acceptors (Lipinski definition) is 3. The first-order valence-corrected chi connectivity index (χ1v) is 11.3. The van der Waals surface area contributed by atoms with Gasteiger partial charge in [-0.15, -0.1) is 0 Å². The van der Waals surface area contributed by atoms with Gasteiger partial charge in [0.1, 0.15) is 6.54 Å². The maximum atomic E-state index is 13.0. The van der Waals surface area contributed by atoms with Gasteiger partial charge in [-0.05, 0) is 87.8 Å². The molecule has 4 aliphatic rings. The van der Waals surface area contributed by atoms with Crippen molar-refractivity contribution in [3.05, 3.63) is 34.6 Å². The molecule has 1 atom stereocenters. The largest absolute Gasteiger partial charge is 0.352 e. The number of nitrogens with one attached hydrogen (secondary N) is 2. The molecule has 4 saturated carbocycles. The molecule has 29 heavy (non-hydrogen) atoms. The van der Waals surface area contributed by atoms with E-state index in [1.165, 1.54) is 44.1 Å². The predicted octanol–water partition coefficient (Wildman–Crippen LogP) is 4.64. The van der Waals surface area contributed by atoms with Crippen LogP contribution in [0.2, 0.25) is 0 Å². The van der Waals surface area contributed by atoms with Crippen LogP contribution in [-0.2, 0) is 11.3 Å². The Morgan fingerprint density at radius 2 is 1.79 bits per heavy atom. The van der Waals surface area contributed by atoms with Gasteiger partial charge in [0, 0.05) is 11.6 Å². The second-order valence-electron chi connectivity index (χ2n) is 9.87. The molecule has 6 rings (SSSR count). The highest BCUT2D eigenvalue weighted by molar-refractivity contribution is 7.71. The second-order valence-corrected chi connectivity index (χ2v) is 10.3. The van der Waals surface area contributed by atoms with Gasteiger partial charge in [-0.25, -0.2) is 0 Å². The molecule has 4 bridgehead atoms. The molecular formula is C23H30N4OS.